The molecule has 0 amide bonds. The lowest BCUT2D eigenvalue weighted by atomic mass is 9.77. The molecule has 0 fully saturated rings. The molecule has 2 heterocycles. The lowest BCUT2D eigenvalue weighted by molar-refractivity contribution is 0.619. The molecule has 0 saturated carbocycles. The molecule has 9 aromatic carbocycles. The van der Waals surface area contributed by atoms with Gasteiger partial charge in [0, 0.05) is 42.0 Å². The molecule has 1 atom stereocenters. The van der Waals surface area contributed by atoms with Gasteiger partial charge >= 0.3 is 0 Å². The smallest absolute Gasteiger partial charge is 0.0541 e. The van der Waals surface area contributed by atoms with Crippen molar-refractivity contribution in [2.24, 2.45) is 0 Å². The van der Waals surface area contributed by atoms with Crippen LogP contribution in [0.5, 0.6) is 0 Å². The molecule has 0 radical (unpaired) electrons. The summed E-state index contributed by atoms with van der Waals surface area (Å²) in [7, 11) is 0. The second kappa shape index (κ2) is 14.0. The maximum atomic E-state index is 2.57. The SMILES string of the molecule is CC1(C)c2ccccc2-c2ccc(-c3cc(C4CCc5cccc(-c6ccc7c(c6)c6ccccc6n7-c6ccccc6)c5-c5ccccc5C4)cc4c3sc3ccccc34)cc21. The first-order chi connectivity index (χ1) is 31.0. The lowest BCUT2D eigenvalue weighted by Crippen LogP contribution is -2.14. The van der Waals surface area contributed by atoms with Crippen LogP contribution in [0.3, 0.4) is 0 Å². The van der Waals surface area contributed by atoms with Crippen LogP contribution < -0.4 is 0 Å². The molecule has 0 bridgehead atoms. The summed E-state index contributed by atoms with van der Waals surface area (Å²) < 4.78 is 5.15. The van der Waals surface area contributed by atoms with Gasteiger partial charge in [0.1, 0.15) is 0 Å². The molecular weight excluding hydrogens is 779 g/mol. The molecule has 2 aliphatic rings. The second-order valence-electron chi connectivity index (χ2n) is 18.3. The van der Waals surface area contributed by atoms with E-state index in [1.807, 2.05) is 11.3 Å². The van der Waals surface area contributed by atoms with Gasteiger partial charge in [0.15, 0.2) is 0 Å². The molecule has 1 unspecified atom stereocenters. The molecule has 63 heavy (non-hydrogen) atoms. The number of hydrogen-bond acceptors (Lipinski definition) is 1. The highest BCUT2D eigenvalue weighted by molar-refractivity contribution is 7.26. The monoisotopic (exact) mass is 823 g/mol. The molecular formula is C61H45NS. The van der Waals surface area contributed by atoms with Crippen molar-refractivity contribution < 1.29 is 0 Å². The summed E-state index contributed by atoms with van der Waals surface area (Å²) in [5.41, 5.74) is 21.5. The Kier molecular flexibility index (Phi) is 8.15. The molecule has 2 heteroatoms. The van der Waals surface area contributed by atoms with E-state index in [4.69, 9.17) is 0 Å². The third-order valence-electron chi connectivity index (χ3n) is 14.5. The summed E-state index contributed by atoms with van der Waals surface area (Å²) >= 11 is 1.95. The van der Waals surface area contributed by atoms with Crippen LogP contribution in [0.25, 0.3) is 92.2 Å². The average Bonchev–Trinajstić information content (AvgIpc) is 3.94. The van der Waals surface area contributed by atoms with Crippen molar-refractivity contribution in [3.63, 3.8) is 0 Å². The maximum Gasteiger partial charge on any atom is 0.0541 e. The minimum absolute atomic E-state index is 0.0545. The number of benzene rings is 9. The van der Waals surface area contributed by atoms with E-state index < -0.39 is 0 Å². The topological polar surface area (TPSA) is 4.93 Å². The van der Waals surface area contributed by atoms with Crippen LogP contribution in [0, 0.1) is 0 Å². The number of thiophene rings is 1. The number of nitrogens with zero attached hydrogens (tertiary/aromatic N) is 1. The Morgan fingerprint density at radius 2 is 1.16 bits per heavy atom. The number of rotatable bonds is 4. The lowest BCUT2D eigenvalue weighted by Gasteiger charge is -2.27. The van der Waals surface area contributed by atoms with Crippen LogP contribution in [0.1, 0.15) is 54.0 Å². The summed E-state index contributed by atoms with van der Waals surface area (Å²) in [5, 5.41) is 5.31. The highest BCUT2D eigenvalue weighted by Crippen LogP contribution is 2.51. The second-order valence-corrected chi connectivity index (χ2v) is 19.4. The van der Waals surface area contributed by atoms with E-state index in [-0.39, 0.29) is 5.41 Å². The van der Waals surface area contributed by atoms with Gasteiger partial charge in [0.2, 0.25) is 0 Å². The Morgan fingerprint density at radius 3 is 2.06 bits per heavy atom. The van der Waals surface area contributed by atoms with Gasteiger partial charge in [-0.25, -0.2) is 0 Å². The van der Waals surface area contributed by atoms with Gasteiger partial charge < -0.3 is 4.57 Å². The standard InChI is InChI=1S/C61H45NS/c1-61(2)54-24-11-8-20-47(54)48-31-29-42(37-55(48)61)51-35-43(36-53-50-22-10-13-26-58(50)63-60(51)53)39-28-27-38-16-14-23-46(59(38)45-19-7-6-15-40(45)33-39)41-30-32-57-52(34-41)49-21-9-12-25-56(49)62(57)44-17-4-3-5-18-44/h3-26,29-32,34-37,39H,27-28,33H2,1-2H3. The van der Waals surface area contributed by atoms with E-state index >= 15 is 0 Å². The Hall–Kier alpha value is -7.00. The van der Waals surface area contributed by atoms with Crippen molar-refractivity contribution in [1.29, 1.82) is 0 Å². The first-order valence-corrected chi connectivity index (χ1v) is 23.3. The van der Waals surface area contributed by atoms with Crippen molar-refractivity contribution in [2.75, 3.05) is 0 Å². The fourth-order valence-electron chi connectivity index (χ4n) is 11.5. The Labute approximate surface area is 372 Å². The molecule has 0 N–H and O–H groups in total. The summed E-state index contributed by atoms with van der Waals surface area (Å²) in [6.07, 6.45) is 3.09. The predicted molar refractivity (Wildman–Crippen MR) is 269 cm³/mol. The van der Waals surface area contributed by atoms with Crippen molar-refractivity contribution in [3.8, 4) is 50.2 Å². The Bertz CT molecular complexity index is 3640. The number of hydrogen-bond donors (Lipinski definition) is 0. The van der Waals surface area contributed by atoms with E-state index in [1.165, 1.54) is 120 Å². The first kappa shape index (κ1) is 36.6. The van der Waals surface area contributed by atoms with E-state index in [0.29, 0.717) is 5.92 Å². The maximum absolute atomic E-state index is 2.57. The fraction of sp³-hybridized carbons (Fsp3) is 0.115. The molecule has 300 valence electrons. The van der Waals surface area contributed by atoms with Crippen LogP contribution in [-0.4, -0.2) is 4.57 Å². The quantitative estimate of drug-likeness (QED) is 0.167. The average molecular weight is 824 g/mol. The minimum atomic E-state index is -0.0545. The summed E-state index contributed by atoms with van der Waals surface area (Å²) in [4.78, 5) is 0. The zero-order chi connectivity index (χ0) is 41.8. The molecule has 0 aliphatic heterocycles. The number of aryl methyl sites for hydroxylation is 1. The summed E-state index contributed by atoms with van der Waals surface area (Å²) in [5.74, 6) is 0.361. The minimum Gasteiger partial charge on any atom is -0.309 e. The van der Waals surface area contributed by atoms with Gasteiger partial charge in [-0.3, -0.25) is 0 Å². The summed E-state index contributed by atoms with van der Waals surface area (Å²) in [6, 6.07) is 73.5. The molecule has 13 rings (SSSR count). The molecule has 11 aromatic rings. The van der Waals surface area contributed by atoms with Crippen LogP contribution in [0.2, 0.25) is 0 Å². The zero-order valence-corrected chi connectivity index (χ0v) is 36.3. The molecule has 0 saturated heterocycles. The van der Waals surface area contributed by atoms with E-state index in [9.17, 15) is 0 Å². The Morgan fingerprint density at radius 1 is 0.476 bits per heavy atom. The molecule has 2 aromatic heterocycles. The van der Waals surface area contributed by atoms with Gasteiger partial charge in [-0.2, -0.15) is 0 Å². The van der Waals surface area contributed by atoms with Crippen LogP contribution in [-0.2, 0) is 18.3 Å². The molecule has 2 aliphatic carbocycles. The fourth-order valence-corrected chi connectivity index (χ4v) is 12.7. The van der Waals surface area contributed by atoms with Crippen LogP contribution in [0.4, 0.5) is 0 Å². The normalized spacial score (nSPS) is 15.2. The molecule has 1 nitrogen and oxygen atoms in total. The third-order valence-corrected chi connectivity index (χ3v) is 15.8. The number of fused-ring (bicyclic) bond motifs is 12. The van der Waals surface area contributed by atoms with Crippen LogP contribution in [0.15, 0.2) is 194 Å². The van der Waals surface area contributed by atoms with E-state index in [2.05, 4.69) is 213 Å². The number of aromatic nitrogens is 1. The number of para-hydroxylation sites is 2. The zero-order valence-electron chi connectivity index (χ0n) is 35.5. The van der Waals surface area contributed by atoms with Crippen molar-refractivity contribution in [1.82, 2.24) is 4.57 Å². The predicted octanol–water partition coefficient (Wildman–Crippen LogP) is 16.7. The third kappa shape index (κ3) is 5.61. The van der Waals surface area contributed by atoms with Gasteiger partial charge in [-0.15, -0.1) is 11.3 Å². The van der Waals surface area contributed by atoms with Gasteiger partial charge in [-0.1, -0.05) is 153 Å². The van der Waals surface area contributed by atoms with Gasteiger partial charge in [-0.05, 0) is 152 Å². The first-order valence-electron chi connectivity index (χ1n) is 22.5. The van der Waals surface area contributed by atoms with Crippen molar-refractivity contribution in [3.05, 3.63) is 222 Å². The largest absolute Gasteiger partial charge is 0.309 e. The highest BCUT2D eigenvalue weighted by Gasteiger charge is 2.35. The van der Waals surface area contributed by atoms with E-state index in [0.717, 1.165) is 19.3 Å². The van der Waals surface area contributed by atoms with E-state index in [1.54, 1.807) is 0 Å². The highest BCUT2D eigenvalue weighted by atomic mass is 32.1. The Balaban J connectivity index is 0.939. The molecule has 0 spiro atoms. The van der Waals surface area contributed by atoms with Gasteiger partial charge in [0.25, 0.3) is 0 Å². The van der Waals surface area contributed by atoms with Crippen molar-refractivity contribution in [2.45, 2.75) is 44.4 Å². The van der Waals surface area contributed by atoms with Gasteiger partial charge in [0.05, 0.1) is 11.0 Å². The summed E-state index contributed by atoms with van der Waals surface area (Å²) in [6.45, 7) is 4.79. The van der Waals surface area contributed by atoms with Crippen molar-refractivity contribution >= 4 is 53.3 Å². The van der Waals surface area contributed by atoms with Crippen LogP contribution >= 0.6 is 11.3 Å².